The Kier molecular flexibility index (Phi) is 8.55. The predicted octanol–water partition coefficient (Wildman–Crippen LogP) is 5.87. The van der Waals surface area contributed by atoms with Gasteiger partial charge in [0.2, 0.25) is 0 Å². The van der Waals surface area contributed by atoms with Crippen molar-refractivity contribution < 1.29 is 5.11 Å². The summed E-state index contributed by atoms with van der Waals surface area (Å²) < 4.78 is 0. The molecule has 1 aliphatic rings. The lowest BCUT2D eigenvalue weighted by Gasteiger charge is -2.36. The van der Waals surface area contributed by atoms with E-state index in [-0.39, 0.29) is 12.0 Å². The average molecular weight is 468 g/mol. The van der Waals surface area contributed by atoms with E-state index < -0.39 is 0 Å². The van der Waals surface area contributed by atoms with Crippen molar-refractivity contribution in [2.24, 2.45) is 0 Å². The highest BCUT2D eigenvalue weighted by Gasteiger charge is 2.33. The summed E-state index contributed by atoms with van der Waals surface area (Å²) >= 11 is 11.4. The van der Waals surface area contributed by atoms with Gasteiger partial charge in [-0.3, -0.25) is 0 Å². The van der Waals surface area contributed by atoms with Crippen molar-refractivity contribution in [1.29, 1.82) is 5.26 Å². The lowest BCUT2D eigenvalue weighted by atomic mass is 9.73. The first-order valence-corrected chi connectivity index (χ1v) is 11.3. The molecule has 1 aliphatic heterocycles. The van der Waals surface area contributed by atoms with Gasteiger partial charge >= 0.3 is 0 Å². The molecule has 0 radical (unpaired) electrons. The standard InChI is InChI=1S/C19H20N2O.C7H7Cl2N/c20-13-15-2-1-3-17(12-15)16-4-6-18(7-5-16)19(14-22)8-10-21-11-9-19;1-10-7-3-5(8)2-6(9)4-7/h1-7,12,21-22H,8-11,14H2;2-4,10H,1H3. The number of halogens is 2. The van der Waals surface area contributed by atoms with Gasteiger partial charge in [0, 0.05) is 28.2 Å². The molecule has 3 N–H and O–H groups in total. The number of aliphatic hydroxyl groups excluding tert-OH is 1. The Labute approximate surface area is 199 Å². The zero-order valence-electron chi connectivity index (χ0n) is 18.0. The largest absolute Gasteiger partial charge is 0.395 e. The van der Waals surface area contributed by atoms with E-state index in [9.17, 15) is 5.11 Å². The Bertz CT molecular complexity index is 1050. The van der Waals surface area contributed by atoms with E-state index in [0.29, 0.717) is 15.6 Å². The Morgan fingerprint density at radius 3 is 2.19 bits per heavy atom. The van der Waals surface area contributed by atoms with Gasteiger partial charge in [-0.15, -0.1) is 0 Å². The number of nitriles is 1. The van der Waals surface area contributed by atoms with Crippen molar-refractivity contribution in [3.8, 4) is 17.2 Å². The summed E-state index contributed by atoms with van der Waals surface area (Å²) in [4.78, 5) is 0. The number of aliphatic hydroxyl groups is 1. The van der Waals surface area contributed by atoms with Crippen LogP contribution in [-0.4, -0.2) is 31.9 Å². The fourth-order valence-electron chi connectivity index (χ4n) is 3.93. The van der Waals surface area contributed by atoms with E-state index in [1.165, 1.54) is 5.56 Å². The lowest BCUT2D eigenvalue weighted by Crippen LogP contribution is -2.42. The number of hydrogen-bond acceptors (Lipinski definition) is 4. The number of nitrogens with zero attached hydrogens (tertiary/aromatic N) is 1. The van der Waals surface area contributed by atoms with E-state index in [1.54, 1.807) is 6.07 Å². The molecule has 32 heavy (non-hydrogen) atoms. The van der Waals surface area contributed by atoms with E-state index in [1.807, 2.05) is 43.4 Å². The molecule has 3 aromatic carbocycles. The molecule has 0 saturated carbocycles. The van der Waals surface area contributed by atoms with Crippen LogP contribution in [0.3, 0.4) is 0 Å². The Morgan fingerprint density at radius 2 is 1.62 bits per heavy atom. The topological polar surface area (TPSA) is 68.1 Å². The molecule has 1 saturated heterocycles. The maximum Gasteiger partial charge on any atom is 0.0991 e. The van der Waals surface area contributed by atoms with Gasteiger partial charge in [-0.25, -0.2) is 0 Å². The number of anilines is 1. The molecular weight excluding hydrogens is 441 g/mol. The smallest absolute Gasteiger partial charge is 0.0991 e. The number of nitrogens with one attached hydrogen (secondary N) is 2. The Hall–Kier alpha value is -2.55. The third-order valence-electron chi connectivity index (χ3n) is 5.84. The lowest BCUT2D eigenvalue weighted by molar-refractivity contribution is 0.158. The van der Waals surface area contributed by atoms with Crippen molar-refractivity contribution in [3.05, 3.63) is 87.9 Å². The second-order valence-electron chi connectivity index (χ2n) is 7.87. The van der Waals surface area contributed by atoms with Crippen molar-refractivity contribution in [1.82, 2.24) is 5.32 Å². The zero-order chi connectivity index (χ0) is 23.0. The predicted molar refractivity (Wildman–Crippen MR) is 133 cm³/mol. The van der Waals surface area contributed by atoms with Gasteiger partial charge < -0.3 is 15.7 Å². The average Bonchev–Trinajstić information content (AvgIpc) is 2.84. The van der Waals surface area contributed by atoms with Gasteiger partial charge in [0.05, 0.1) is 18.2 Å². The van der Waals surface area contributed by atoms with Gasteiger partial charge in [-0.1, -0.05) is 59.6 Å². The summed E-state index contributed by atoms with van der Waals surface area (Å²) in [7, 11) is 1.82. The molecule has 4 nitrogen and oxygen atoms in total. The molecule has 0 aromatic heterocycles. The first-order chi connectivity index (χ1) is 15.5. The SMILES string of the molecule is CNc1cc(Cl)cc(Cl)c1.N#Cc1cccc(-c2ccc(C3(CO)CCNCC3)cc2)c1. The molecular formula is C26H27Cl2N3O. The zero-order valence-corrected chi connectivity index (χ0v) is 19.5. The summed E-state index contributed by atoms with van der Waals surface area (Å²) in [5.74, 6) is 0. The molecule has 0 bridgehead atoms. The number of rotatable bonds is 4. The monoisotopic (exact) mass is 467 g/mol. The third kappa shape index (κ3) is 6.03. The first kappa shape index (κ1) is 24.1. The molecule has 0 unspecified atom stereocenters. The van der Waals surface area contributed by atoms with Gasteiger partial charge in [-0.2, -0.15) is 5.26 Å². The minimum atomic E-state index is -0.113. The summed E-state index contributed by atoms with van der Waals surface area (Å²) in [6.45, 7) is 2.09. The molecule has 4 rings (SSSR count). The molecule has 1 heterocycles. The second kappa shape index (κ2) is 11.4. The van der Waals surface area contributed by atoms with E-state index in [0.717, 1.165) is 42.7 Å². The molecule has 0 atom stereocenters. The minimum Gasteiger partial charge on any atom is -0.395 e. The normalized spacial score (nSPS) is 14.6. The summed E-state index contributed by atoms with van der Waals surface area (Å²) in [6, 6.07) is 23.6. The van der Waals surface area contributed by atoms with Crippen molar-refractivity contribution in [2.45, 2.75) is 18.3 Å². The van der Waals surface area contributed by atoms with Crippen LogP contribution in [0.15, 0.2) is 66.7 Å². The van der Waals surface area contributed by atoms with E-state index in [2.05, 4.69) is 41.0 Å². The molecule has 166 valence electrons. The first-order valence-electron chi connectivity index (χ1n) is 10.6. The fourth-order valence-corrected chi connectivity index (χ4v) is 4.45. The van der Waals surface area contributed by atoms with Crippen LogP contribution in [0.2, 0.25) is 10.0 Å². The van der Waals surface area contributed by atoms with Gasteiger partial charge in [-0.05, 0) is 73.0 Å². The van der Waals surface area contributed by atoms with Gasteiger partial charge in [0.15, 0.2) is 0 Å². The molecule has 0 aliphatic carbocycles. The molecule has 3 aromatic rings. The molecule has 0 spiro atoms. The maximum atomic E-state index is 9.89. The summed E-state index contributed by atoms with van der Waals surface area (Å²) in [5, 5.41) is 26.5. The highest BCUT2D eigenvalue weighted by molar-refractivity contribution is 6.35. The molecule has 1 fully saturated rings. The van der Waals surface area contributed by atoms with Crippen LogP contribution in [0.5, 0.6) is 0 Å². The van der Waals surface area contributed by atoms with Crippen LogP contribution in [0.1, 0.15) is 24.0 Å². The summed E-state index contributed by atoms with van der Waals surface area (Å²) in [6.07, 6.45) is 1.93. The molecule has 6 heteroatoms. The quantitative estimate of drug-likeness (QED) is 0.448. The van der Waals surface area contributed by atoms with E-state index in [4.69, 9.17) is 28.5 Å². The Morgan fingerprint density at radius 1 is 0.969 bits per heavy atom. The molecule has 0 amide bonds. The van der Waals surface area contributed by atoms with Crippen molar-refractivity contribution >= 4 is 28.9 Å². The van der Waals surface area contributed by atoms with Crippen molar-refractivity contribution in [2.75, 3.05) is 32.1 Å². The maximum absolute atomic E-state index is 9.89. The number of hydrogen-bond donors (Lipinski definition) is 3. The van der Waals surface area contributed by atoms with Crippen LogP contribution in [0.25, 0.3) is 11.1 Å². The van der Waals surface area contributed by atoms with Gasteiger partial charge in [0.1, 0.15) is 0 Å². The highest BCUT2D eigenvalue weighted by atomic mass is 35.5. The van der Waals surface area contributed by atoms with Crippen molar-refractivity contribution in [3.63, 3.8) is 0 Å². The van der Waals surface area contributed by atoms with Crippen LogP contribution in [-0.2, 0) is 5.41 Å². The van der Waals surface area contributed by atoms with Crippen LogP contribution in [0.4, 0.5) is 5.69 Å². The number of piperidine rings is 1. The minimum absolute atomic E-state index is 0.113. The Balaban J connectivity index is 0.000000243. The second-order valence-corrected chi connectivity index (χ2v) is 8.74. The number of benzene rings is 3. The third-order valence-corrected chi connectivity index (χ3v) is 6.27. The van der Waals surface area contributed by atoms with E-state index >= 15 is 0 Å². The van der Waals surface area contributed by atoms with Crippen LogP contribution < -0.4 is 10.6 Å². The van der Waals surface area contributed by atoms with Crippen LogP contribution in [0, 0.1) is 11.3 Å². The van der Waals surface area contributed by atoms with Gasteiger partial charge in [0.25, 0.3) is 0 Å². The fraction of sp³-hybridized carbons (Fsp3) is 0.269. The summed E-state index contributed by atoms with van der Waals surface area (Å²) in [5.41, 5.74) is 4.84. The van der Waals surface area contributed by atoms with Crippen LogP contribution >= 0.6 is 23.2 Å². The highest BCUT2D eigenvalue weighted by Crippen LogP contribution is 2.34.